The van der Waals surface area contributed by atoms with Crippen molar-refractivity contribution >= 4 is 33.5 Å². The highest BCUT2D eigenvalue weighted by atomic mass is 16.3. The summed E-state index contributed by atoms with van der Waals surface area (Å²) in [6.45, 7) is 3.64. The molecule has 0 spiro atoms. The number of amides is 1. The van der Waals surface area contributed by atoms with Crippen LogP contribution in [0.5, 0.6) is 0 Å². The van der Waals surface area contributed by atoms with Crippen LogP contribution in [0.4, 0.5) is 5.69 Å². The van der Waals surface area contributed by atoms with E-state index in [0.717, 1.165) is 53.3 Å². The van der Waals surface area contributed by atoms with Crippen LogP contribution in [-0.4, -0.2) is 38.7 Å². The van der Waals surface area contributed by atoms with Gasteiger partial charge in [-0.2, -0.15) is 5.26 Å². The Hall–Kier alpha value is -3.11. The normalized spacial score (nSPS) is 21.3. The van der Waals surface area contributed by atoms with Crippen LogP contribution < -0.4 is 10.6 Å². The van der Waals surface area contributed by atoms with Gasteiger partial charge in [-0.15, -0.1) is 0 Å². The van der Waals surface area contributed by atoms with Crippen molar-refractivity contribution in [2.45, 2.75) is 57.2 Å². The standard InChI is InChI=1S/C23H25N5O2/c1-23(2,30)13-8-15(9-13)27-22(29)17-11-25-19-16-6-3-12(10-24)7-18(16)28-21(19)20(17)26-14-4-5-14/h3,6-7,11,13-15,28,30H,4-5,8-9H2,1-2H3,(H,25,26)(H,27,29)/t13-,15-. The predicted molar refractivity (Wildman–Crippen MR) is 115 cm³/mol. The zero-order valence-electron chi connectivity index (χ0n) is 17.1. The van der Waals surface area contributed by atoms with Crippen LogP contribution >= 0.6 is 0 Å². The van der Waals surface area contributed by atoms with Crippen LogP contribution in [0.25, 0.3) is 21.9 Å². The average molecular weight is 403 g/mol. The number of nitrogens with one attached hydrogen (secondary N) is 3. The Labute approximate surface area is 174 Å². The van der Waals surface area contributed by atoms with Gasteiger partial charge in [0.1, 0.15) is 0 Å². The first-order valence-electron chi connectivity index (χ1n) is 10.5. The number of aromatic amines is 1. The number of hydrogen-bond acceptors (Lipinski definition) is 5. The lowest BCUT2D eigenvalue weighted by molar-refractivity contribution is -0.0309. The molecule has 2 saturated carbocycles. The molecular weight excluding hydrogens is 378 g/mol. The molecule has 0 atom stereocenters. The fourth-order valence-corrected chi connectivity index (χ4v) is 4.23. The van der Waals surface area contributed by atoms with Gasteiger partial charge in [0.25, 0.3) is 5.91 Å². The molecule has 7 heteroatoms. The number of nitrogens with zero attached hydrogens (tertiary/aromatic N) is 2. The van der Waals surface area contributed by atoms with Crippen molar-refractivity contribution in [3.63, 3.8) is 0 Å². The molecule has 7 nitrogen and oxygen atoms in total. The summed E-state index contributed by atoms with van der Waals surface area (Å²) in [5.41, 5.74) is 3.58. The van der Waals surface area contributed by atoms with E-state index in [1.165, 1.54) is 0 Å². The van der Waals surface area contributed by atoms with Crippen LogP contribution in [0.3, 0.4) is 0 Å². The van der Waals surface area contributed by atoms with Crippen LogP contribution in [-0.2, 0) is 0 Å². The zero-order chi connectivity index (χ0) is 21.0. The molecule has 3 aromatic rings. The quantitative estimate of drug-likeness (QED) is 0.521. The summed E-state index contributed by atoms with van der Waals surface area (Å²) in [5, 5.41) is 26.9. The van der Waals surface area contributed by atoms with Gasteiger partial charge in [-0.25, -0.2) is 0 Å². The van der Waals surface area contributed by atoms with E-state index >= 15 is 0 Å². The molecule has 2 heterocycles. The van der Waals surface area contributed by atoms with Gasteiger partial charge in [0.05, 0.1) is 39.5 Å². The summed E-state index contributed by atoms with van der Waals surface area (Å²) in [5.74, 6) is 0.0543. The van der Waals surface area contributed by atoms with Crippen molar-refractivity contribution in [3.05, 3.63) is 35.5 Å². The van der Waals surface area contributed by atoms with Crippen LogP contribution in [0.1, 0.15) is 55.5 Å². The first-order valence-corrected chi connectivity index (χ1v) is 10.5. The van der Waals surface area contributed by atoms with Crippen molar-refractivity contribution in [1.82, 2.24) is 15.3 Å². The van der Waals surface area contributed by atoms with Gasteiger partial charge >= 0.3 is 0 Å². The Morgan fingerprint density at radius 1 is 1.30 bits per heavy atom. The van der Waals surface area contributed by atoms with E-state index in [1.54, 1.807) is 12.3 Å². The molecule has 4 N–H and O–H groups in total. The second kappa shape index (κ2) is 6.71. The Morgan fingerprint density at radius 3 is 2.73 bits per heavy atom. The average Bonchev–Trinajstić information content (AvgIpc) is 3.41. The van der Waals surface area contributed by atoms with Crippen LogP contribution in [0.2, 0.25) is 0 Å². The first-order chi connectivity index (χ1) is 14.3. The maximum Gasteiger partial charge on any atom is 0.255 e. The maximum absolute atomic E-state index is 13.1. The van der Waals surface area contributed by atoms with E-state index in [1.807, 2.05) is 26.0 Å². The third-order valence-corrected chi connectivity index (χ3v) is 6.39. The number of nitriles is 1. The summed E-state index contributed by atoms with van der Waals surface area (Å²) in [6, 6.07) is 8.08. The molecule has 2 aliphatic carbocycles. The smallest absolute Gasteiger partial charge is 0.255 e. The molecule has 0 saturated heterocycles. The molecule has 1 amide bonds. The number of hydrogen-bond donors (Lipinski definition) is 4. The van der Waals surface area contributed by atoms with E-state index in [4.69, 9.17) is 0 Å². The lowest BCUT2D eigenvalue weighted by atomic mass is 9.71. The number of pyridine rings is 1. The van der Waals surface area contributed by atoms with Gasteiger partial charge in [0.2, 0.25) is 0 Å². The van der Waals surface area contributed by atoms with Crippen molar-refractivity contribution in [2.24, 2.45) is 5.92 Å². The fraction of sp³-hybridized carbons (Fsp3) is 0.435. The summed E-state index contributed by atoms with van der Waals surface area (Å²) < 4.78 is 0. The molecule has 2 fully saturated rings. The van der Waals surface area contributed by atoms with E-state index in [-0.39, 0.29) is 17.9 Å². The van der Waals surface area contributed by atoms with Gasteiger partial charge in [0, 0.05) is 29.2 Å². The lowest BCUT2D eigenvalue weighted by Crippen LogP contribution is -2.51. The van der Waals surface area contributed by atoms with Gasteiger partial charge in [0.15, 0.2) is 0 Å². The third kappa shape index (κ3) is 3.27. The topological polar surface area (TPSA) is 114 Å². The molecule has 0 aliphatic heterocycles. The molecule has 0 bridgehead atoms. The first kappa shape index (κ1) is 18.9. The van der Waals surface area contributed by atoms with E-state index in [2.05, 4.69) is 26.7 Å². The minimum atomic E-state index is -0.715. The van der Waals surface area contributed by atoms with E-state index < -0.39 is 5.60 Å². The van der Waals surface area contributed by atoms with Gasteiger partial charge in [-0.1, -0.05) is 0 Å². The Bertz CT molecular complexity index is 1190. The van der Waals surface area contributed by atoms with Crippen LogP contribution in [0.15, 0.2) is 24.4 Å². The molecule has 2 aliphatic rings. The van der Waals surface area contributed by atoms with E-state index in [9.17, 15) is 15.2 Å². The Balaban J connectivity index is 1.49. The number of fused-ring (bicyclic) bond motifs is 3. The van der Waals surface area contributed by atoms with Gasteiger partial charge < -0.3 is 20.7 Å². The second-order valence-corrected chi connectivity index (χ2v) is 9.18. The second-order valence-electron chi connectivity index (χ2n) is 9.18. The molecule has 5 rings (SSSR count). The van der Waals surface area contributed by atoms with Crippen molar-refractivity contribution in [2.75, 3.05) is 5.32 Å². The third-order valence-electron chi connectivity index (χ3n) is 6.39. The number of benzene rings is 1. The number of carbonyl (C=O) groups is 1. The van der Waals surface area contributed by atoms with Crippen LogP contribution in [0, 0.1) is 17.2 Å². The van der Waals surface area contributed by atoms with Gasteiger partial charge in [-0.05, 0) is 63.6 Å². The molecule has 2 aromatic heterocycles. The van der Waals surface area contributed by atoms with E-state index in [0.29, 0.717) is 17.2 Å². The zero-order valence-corrected chi connectivity index (χ0v) is 17.1. The minimum Gasteiger partial charge on any atom is -0.390 e. The molecular formula is C23H25N5O2. The number of aliphatic hydroxyl groups is 1. The molecule has 154 valence electrons. The minimum absolute atomic E-state index is 0.0688. The number of carbonyl (C=O) groups excluding carboxylic acids is 1. The van der Waals surface area contributed by atoms with Crippen molar-refractivity contribution in [3.8, 4) is 6.07 Å². The van der Waals surface area contributed by atoms with Gasteiger partial charge in [-0.3, -0.25) is 9.78 Å². The number of anilines is 1. The Morgan fingerprint density at radius 2 is 2.07 bits per heavy atom. The molecule has 1 aromatic carbocycles. The lowest BCUT2D eigenvalue weighted by Gasteiger charge is -2.42. The number of H-pyrrole nitrogens is 1. The summed E-state index contributed by atoms with van der Waals surface area (Å²) >= 11 is 0. The SMILES string of the molecule is CC(C)(O)[C@H]1C[C@H](NC(=O)c2cnc3c([nH]c4cc(C#N)ccc43)c2NC2CC2)C1. The maximum atomic E-state index is 13.1. The molecule has 0 unspecified atom stereocenters. The highest BCUT2D eigenvalue weighted by Gasteiger charge is 2.39. The Kier molecular flexibility index (Phi) is 4.23. The van der Waals surface area contributed by atoms with Crippen molar-refractivity contribution < 1.29 is 9.90 Å². The number of aromatic nitrogens is 2. The summed E-state index contributed by atoms with van der Waals surface area (Å²) in [4.78, 5) is 21.0. The fourth-order valence-electron chi connectivity index (χ4n) is 4.23. The molecule has 30 heavy (non-hydrogen) atoms. The summed E-state index contributed by atoms with van der Waals surface area (Å²) in [7, 11) is 0. The largest absolute Gasteiger partial charge is 0.390 e. The molecule has 0 radical (unpaired) electrons. The number of rotatable bonds is 5. The monoisotopic (exact) mass is 403 g/mol. The highest BCUT2D eigenvalue weighted by molar-refractivity contribution is 6.14. The summed E-state index contributed by atoms with van der Waals surface area (Å²) in [6.07, 6.45) is 5.36. The highest BCUT2D eigenvalue weighted by Crippen LogP contribution is 2.38. The van der Waals surface area contributed by atoms with Crippen molar-refractivity contribution in [1.29, 1.82) is 5.26 Å². The predicted octanol–water partition coefficient (Wildman–Crippen LogP) is 3.44.